The Hall–Kier alpha value is -1.04. The fourth-order valence-corrected chi connectivity index (χ4v) is 2.18. The van der Waals surface area contributed by atoms with Crippen molar-refractivity contribution in [2.45, 2.75) is 26.2 Å². The molecular weight excluding hydrogens is 303 g/mol. The highest BCUT2D eigenvalue weighted by molar-refractivity contribution is 6.39. The minimum Gasteiger partial charge on any atom is -0.383 e. The molecule has 5 nitrogen and oxygen atoms in total. The van der Waals surface area contributed by atoms with Gasteiger partial charge in [0.05, 0.1) is 20.7 Å². The number of halogens is 2. The van der Waals surface area contributed by atoms with Crippen molar-refractivity contribution in [1.29, 1.82) is 0 Å². The third-order valence-corrected chi connectivity index (χ3v) is 3.24. The highest BCUT2D eigenvalue weighted by atomic mass is 35.5. The molecule has 0 aliphatic heterocycles. The molecule has 0 radical (unpaired) electrons. The van der Waals surface area contributed by atoms with Crippen molar-refractivity contribution in [1.82, 2.24) is 0 Å². The first-order chi connectivity index (χ1) is 9.56. The van der Waals surface area contributed by atoms with E-state index in [0.29, 0.717) is 18.8 Å². The van der Waals surface area contributed by atoms with E-state index in [-0.39, 0.29) is 15.7 Å². The van der Waals surface area contributed by atoms with Crippen LogP contribution in [0.25, 0.3) is 0 Å². The summed E-state index contributed by atoms with van der Waals surface area (Å²) < 4.78 is 5.43. The summed E-state index contributed by atoms with van der Waals surface area (Å²) in [6.45, 7) is 4.19. The molecule has 1 aromatic rings. The first kappa shape index (κ1) is 17.0. The first-order valence-electron chi connectivity index (χ1n) is 6.51. The maximum Gasteiger partial charge on any atom is 0.272 e. The average molecular weight is 321 g/mol. The topological polar surface area (TPSA) is 64.4 Å². The van der Waals surface area contributed by atoms with E-state index >= 15 is 0 Å². The van der Waals surface area contributed by atoms with Crippen LogP contribution in [0.4, 0.5) is 11.4 Å². The van der Waals surface area contributed by atoms with Gasteiger partial charge < -0.3 is 10.1 Å². The second-order valence-corrected chi connectivity index (χ2v) is 5.10. The minimum atomic E-state index is -0.525. The van der Waals surface area contributed by atoms with Crippen LogP contribution in [0.5, 0.6) is 0 Å². The standard InChI is InChI=1S/C13H18Cl2N2O3/c1-2-3-6-20-7-4-5-16-13-11(14)8-10(17(18)19)9-12(13)15/h8-9,16H,2-7H2,1H3. The molecule has 0 fully saturated rings. The van der Waals surface area contributed by atoms with Crippen LogP contribution in [0.1, 0.15) is 26.2 Å². The Labute approximate surface area is 128 Å². The fourth-order valence-electron chi connectivity index (χ4n) is 1.57. The van der Waals surface area contributed by atoms with Gasteiger partial charge in [0.1, 0.15) is 0 Å². The summed E-state index contributed by atoms with van der Waals surface area (Å²) in [4.78, 5) is 10.1. The van der Waals surface area contributed by atoms with E-state index in [2.05, 4.69) is 12.2 Å². The van der Waals surface area contributed by atoms with Gasteiger partial charge in [-0.2, -0.15) is 0 Å². The maximum absolute atomic E-state index is 10.7. The van der Waals surface area contributed by atoms with Gasteiger partial charge in [-0.15, -0.1) is 0 Å². The summed E-state index contributed by atoms with van der Waals surface area (Å²) in [5.74, 6) is 0. The number of hydrogen-bond acceptors (Lipinski definition) is 4. The van der Waals surface area contributed by atoms with E-state index in [1.54, 1.807) is 0 Å². The second kappa shape index (κ2) is 9.00. The number of ether oxygens (including phenoxy) is 1. The maximum atomic E-state index is 10.7. The number of non-ortho nitro benzene ring substituents is 1. The molecule has 112 valence electrons. The molecule has 20 heavy (non-hydrogen) atoms. The molecule has 0 saturated heterocycles. The van der Waals surface area contributed by atoms with Gasteiger partial charge >= 0.3 is 0 Å². The number of nitro groups is 1. The molecule has 0 aromatic heterocycles. The molecule has 0 bridgehead atoms. The second-order valence-electron chi connectivity index (χ2n) is 4.29. The normalized spacial score (nSPS) is 10.6. The summed E-state index contributed by atoms with van der Waals surface area (Å²) in [5, 5.41) is 14.2. The van der Waals surface area contributed by atoms with Crippen LogP contribution in [0.2, 0.25) is 10.0 Å². The smallest absolute Gasteiger partial charge is 0.272 e. The van der Waals surface area contributed by atoms with Crippen LogP contribution in [0, 0.1) is 10.1 Å². The summed E-state index contributed by atoms with van der Waals surface area (Å²) in [5.41, 5.74) is 0.404. The lowest BCUT2D eigenvalue weighted by Crippen LogP contribution is -2.07. The van der Waals surface area contributed by atoms with Crippen molar-refractivity contribution in [2.24, 2.45) is 0 Å². The molecule has 0 saturated carbocycles. The Morgan fingerprint density at radius 1 is 1.25 bits per heavy atom. The lowest BCUT2D eigenvalue weighted by molar-refractivity contribution is -0.384. The Morgan fingerprint density at radius 2 is 1.85 bits per heavy atom. The molecule has 0 aliphatic carbocycles. The quantitative estimate of drug-likeness (QED) is 0.412. The number of hydrogen-bond donors (Lipinski definition) is 1. The number of nitrogens with zero attached hydrogens (tertiary/aromatic N) is 1. The van der Waals surface area contributed by atoms with Crippen molar-refractivity contribution in [2.75, 3.05) is 25.1 Å². The van der Waals surface area contributed by atoms with Crippen LogP contribution in [-0.4, -0.2) is 24.7 Å². The number of benzene rings is 1. The highest BCUT2D eigenvalue weighted by Gasteiger charge is 2.14. The summed E-state index contributed by atoms with van der Waals surface area (Å²) in [6.07, 6.45) is 2.99. The third-order valence-electron chi connectivity index (χ3n) is 2.65. The zero-order valence-electron chi connectivity index (χ0n) is 11.3. The van der Waals surface area contributed by atoms with E-state index in [0.717, 1.165) is 25.9 Å². The number of anilines is 1. The van der Waals surface area contributed by atoms with Crippen LogP contribution in [0.3, 0.4) is 0 Å². The average Bonchev–Trinajstić information content (AvgIpc) is 2.40. The Morgan fingerprint density at radius 3 is 2.40 bits per heavy atom. The lowest BCUT2D eigenvalue weighted by Gasteiger charge is -2.10. The van der Waals surface area contributed by atoms with Crippen molar-refractivity contribution in [3.05, 3.63) is 32.3 Å². The van der Waals surface area contributed by atoms with Gasteiger partial charge in [-0.3, -0.25) is 10.1 Å². The predicted molar refractivity (Wildman–Crippen MR) is 82.0 cm³/mol. The SMILES string of the molecule is CCCCOCCCNc1c(Cl)cc([N+](=O)[O-])cc1Cl. The molecule has 0 amide bonds. The Bertz CT molecular complexity index is 432. The van der Waals surface area contributed by atoms with E-state index < -0.39 is 4.92 Å². The Kier molecular flexibility index (Phi) is 7.65. The molecule has 0 atom stereocenters. The van der Waals surface area contributed by atoms with Crippen molar-refractivity contribution < 1.29 is 9.66 Å². The minimum absolute atomic E-state index is 0.117. The van der Waals surface area contributed by atoms with Crippen molar-refractivity contribution in [3.63, 3.8) is 0 Å². The molecule has 0 aliphatic rings. The van der Waals surface area contributed by atoms with E-state index in [1.165, 1.54) is 12.1 Å². The zero-order valence-corrected chi connectivity index (χ0v) is 12.8. The molecule has 0 heterocycles. The summed E-state index contributed by atoms with van der Waals surface area (Å²) >= 11 is 12.0. The van der Waals surface area contributed by atoms with Gasteiger partial charge in [0.25, 0.3) is 5.69 Å². The van der Waals surface area contributed by atoms with Crippen molar-refractivity contribution >= 4 is 34.6 Å². The third kappa shape index (κ3) is 5.53. The molecule has 7 heteroatoms. The lowest BCUT2D eigenvalue weighted by atomic mass is 10.2. The first-order valence-corrected chi connectivity index (χ1v) is 7.27. The predicted octanol–water partition coefficient (Wildman–Crippen LogP) is 4.52. The van der Waals surface area contributed by atoms with E-state index in [1.807, 2.05) is 0 Å². The van der Waals surface area contributed by atoms with Crippen LogP contribution >= 0.6 is 23.2 Å². The highest BCUT2D eigenvalue weighted by Crippen LogP contribution is 2.34. The monoisotopic (exact) mass is 320 g/mol. The van der Waals surface area contributed by atoms with Gasteiger partial charge in [-0.05, 0) is 12.8 Å². The molecule has 1 rings (SSSR count). The van der Waals surface area contributed by atoms with Gasteiger partial charge in [-0.1, -0.05) is 36.5 Å². The number of nitrogens with one attached hydrogen (secondary N) is 1. The number of rotatable bonds is 9. The molecule has 0 unspecified atom stereocenters. The molecular formula is C13H18Cl2N2O3. The summed E-state index contributed by atoms with van der Waals surface area (Å²) in [6, 6.07) is 2.57. The van der Waals surface area contributed by atoms with Crippen LogP contribution in [-0.2, 0) is 4.74 Å². The van der Waals surface area contributed by atoms with E-state index in [4.69, 9.17) is 27.9 Å². The van der Waals surface area contributed by atoms with Crippen molar-refractivity contribution in [3.8, 4) is 0 Å². The van der Waals surface area contributed by atoms with Gasteiger partial charge in [0.15, 0.2) is 0 Å². The molecule has 1 N–H and O–H groups in total. The van der Waals surface area contributed by atoms with E-state index in [9.17, 15) is 10.1 Å². The largest absolute Gasteiger partial charge is 0.383 e. The molecule has 0 spiro atoms. The van der Waals surface area contributed by atoms with Crippen LogP contribution < -0.4 is 5.32 Å². The molecule has 1 aromatic carbocycles. The summed E-state index contributed by atoms with van der Waals surface area (Å²) in [7, 11) is 0. The number of unbranched alkanes of at least 4 members (excludes halogenated alkanes) is 1. The Balaban J connectivity index is 2.42. The fraction of sp³-hybridized carbons (Fsp3) is 0.538. The van der Waals surface area contributed by atoms with Gasteiger partial charge in [0.2, 0.25) is 0 Å². The van der Waals surface area contributed by atoms with Gasteiger partial charge in [0, 0.05) is 31.9 Å². The van der Waals surface area contributed by atoms with Gasteiger partial charge in [-0.25, -0.2) is 0 Å². The number of nitro benzene ring substituents is 1. The van der Waals surface area contributed by atoms with Crippen LogP contribution in [0.15, 0.2) is 12.1 Å². The zero-order chi connectivity index (χ0) is 15.0.